The number of aliphatic carboxylic acids is 1. The summed E-state index contributed by atoms with van der Waals surface area (Å²) in [6.45, 7) is 0. The van der Waals surface area contributed by atoms with Crippen LogP contribution < -0.4 is 10.5 Å². The second-order valence-corrected chi connectivity index (χ2v) is 6.20. The van der Waals surface area contributed by atoms with Crippen LogP contribution in [0.25, 0.3) is 11.4 Å². The van der Waals surface area contributed by atoms with E-state index in [1.807, 2.05) is 0 Å². The molecule has 1 unspecified atom stereocenters. The van der Waals surface area contributed by atoms with Gasteiger partial charge >= 0.3 is 5.97 Å². The fourth-order valence-corrected chi connectivity index (χ4v) is 2.42. The highest BCUT2D eigenvalue weighted by molar-refractivity contribution is 6.30. The van der Waals surface area contributed by atoms with Crippen LogP contribution in [0.2, 0.25) is 5.02 Å². The Morgan fingerprint density at radius 1 is 1.31 bits per heavy atom. The molecule has 3 rings (SSSR count). The molecule has 8 nitrogen and oxygen atoms in total. The fraction of sp³-hybridized carbons (Fsp3) is 0.176. The molecule has 154 valence electrons. The molecule has 0 spiro atoms. The zero-order valence-electron chi connectivity index (χ0n) is 14.5. The first kappa shape index (κ1) is 22.5. The van der Waals surface area contributed by atoms with Crippen LogP contribution in [0, 0.1) is 11.6 Å². The number of carbonyl (C=O) groups is 1. The molecule has 0 aliphatic rings. The van der Waals surface area contributed by atoms with E-state index >= 15 is 0 Å². The van der Waals surface area contributed by atoms with E-state index in [1.165, 1.54) is 18.3 Å². The third-order valence-corrected chi connectivity index (χ3v) is 3.72. The molecule has 0 aliphatic heterocycles. The number of carboxylic acids is 1. The number of hydrogen-bond acceptors (Lipinski definition) is 7. The lowest BCUT2D eigenvalue weighted by Crippen LogP contribution is -2.26. The quantitative estimate of drug-likeness (QED) is 0.563. The number of pyridine rings is 1. The Hall–Kier alpha value is -2.82. The lowest BCUT2D eigenvalue weighted by Gasteiger charge is -2.07. The summed E-state index contributed by atoms with van der Waals surface area (Å²) in [5.41, 5.74) is 5.94. The average molecular weight is 447 g/mol. The van der Waals surface area contributed by atoms with Crippen LogP contribution in [-0.2, 0) is 11.2 Å². The summed E-state index contributed by atoms with van der Waals surface area (Å²) in [6.07, 6.45) is 0.973. The van der Waals surface area contributed by atoms with Gasteiger partial charge in [-0.05, 0) is 24.3 Å². The van der Waals surface area contributed by atoms with Crippen LogP contribution in [0.4, 0.5) is 8.78 Å². The number of aromatic nitrogens is 3. The van der Waals surface area contributed by atoms with E-state index in [1.54, 1.807) is 0 Å². The van der Waals surface area contributed by atoms with Crippen LogP contribution in [0.5, 0.6) is 11.6 Å². The first-order valence-electron chi connectivity index (χ1n) is 7.90. The van der Waals surface area contributed by atoms with Crippen LogP contribution >= 0.6 is 24.0 Å². The van der Waals surface area contributed by atoms with Crippen LogP contribution in [0.15, 0.2) is 35.0 Å². The zero-order valence-corrected chi connectivity index (χ0v) is 16.1. The van der Waals surface area contributed by atoms with Crippen molar-refractivity contribution in [2.24, 2.45) is 5.73 Å². The molecule has 3 aromatic rings. The number of halogens is 4. The van der Waals surface area contributed by atoms with Gasteiger partial charge in [0, 0.05) is 24.2 Å². The zero-order chi connectivity index (χ0) is 20.3. The van der Waals surface area contributed by atoms with E-state index in [0.29, 0.717) is 0 Å². The Labute approximate surface area is 174 Å². The molecule has 29 heavy (non-hydrogen) atoms. The summed E-state index contributed by atoms with van der Waals surface area (Å²) in [7, 11) is 0. The average Bonchev–Trinajstić information content (AvgIpc) is 3.06. The molecule has 2 heterocycles. The first-order valence-corrected chi connectivity index (χ1v) is 8.28. The first-order chi connectivity index (χ1) is 13.3. The van der Waals surface area contributed by atoms with Gasteiger partial charge in [-0.2, -0.15) is 4.98 Å². The van der Waals surface area contributed by atoms with Gasteiger partial charge in [0.2, 0.25) is 11.7 Å². The second-order valence-electron chi connectivity index (χ2n) is 5.76. The Morgan fingerprint density at radius 3 is 2.72 bits per heavy atom. The standard InChI is InChI=1S/C17H13ClF2N4O4.ClH/c18-9-4-12(20)17(22-7-9)27-13-2-1-8(3-11(13)19)16-23-14(28-24-16)5-10(21)6-15(25)26;/h1-4,7,10H,5-6,21H2,(H,25,26);1H. The van der Waals surface area contributed by atoms with Gasteiger partial charge in [0.15, 0.2) is 17.4 Å². The van der Waals surface area contributed by atoms with E-state index in [9.17, 15) is 13.6 Å². The molecule has 2 aromatic heterocycles. The third kappa shape index (κ3) is 5.83. The number of rotatable bonds is 7. The molecule has 0 radical (unpaired) electrons. The molecular weight excluding hydrogens is 433 g/mol. The summed E-state index contributed by atoms with van der Waals surface area (Å²) < 4.78 is 38.2. The van der Waals surface area contributed by atoms with Gasteiger partial charge in [-0.3, -0.25) is 4.79 Å². The van der Waals surface area contributed by atoms with E-state index in [4.69, 9.17) is 31.7 Å². The van der Waals surface area contributed by atoms with E-state index in [0.717, 1.165) is 12.1 Å². The van der Waals surface area contributed by atoms with Gasteiger partial charge in [0.25, 0.3) is 5.88 Å². The normalized spacial score (nSPS) is 11.6. The molecule has 3 N–H and O–H groups in total. The molecule has 0 saturated heterocycles. The summed E-state index contributed by atoms with van der Waals surface area (Å²) in [6, 6.07) is 4.08. The Bertz CT molecular complexity index is 1020. The number of carboxylic acid groups (broad SMARTS) is 1. The monoisotopic (exact) mass is 446 g/mol. The van der Waals surface area contributed by atoms with Crippen molar-refractivity contribution in [1.29, 1.82) is 0 Å². The van der Waals surface area contributed by atoms with Crippen LogP contribution in [0.1, 0.15) is 12.3 Å². The minimum absolute atomic E-state index is 0. The molecular formula is C17H14Cl2F2N4O4. The maximum Gasteiger partial charge on any atom is 0.304 e. The van der Waals surface area contributed by atoms with Crippen LogP contribution in [0.3, 0.4) is 0 Å². The van der Waals surface area contributed by atoms with Gasteiger partial charge in [0.1, 0.15) is 0 Å². The van der Waals surface area contributed by atoms with Crippen molar-refractivity contribution in [1.82, 2.24) is 15.1 Å². The smallest absolute Gasteiger partial charge is 0.304 e. The van der Waals surface area contributed by atoms with Crippen molar-refractivity contribution in [3.05, 3.63) is 53.0 Å². The second kappa shape index (κ2) is 9.59. The summed E-state index contributed by atoms with van der Waals surface area (Å²) in [5.74, 6) is -3.17. The molecule has 12 heteroatoms. The molecule has 1 atom stereocenters. The van der Waals surface area contributed by atoms with Crippen molar-refractivity contribution in [2.45, 2.75) is 18.9 Å². The molecule has 0 amide bonds. The summed E-state index contributed by atoms with van der Waals surface area (Å²) >= 11 is 5.61. The Kier molecular flexibility index (Phi) is 7.43. The van der Waals surface area contributed by atoms with Crippen LogP contribution in [-0.4, -0.2) is 32.2 Å². The number of nitrogens with zero attached hydrogens (tertiary/aromatic N) is 3. The van der Waals surface area contributed by atoms with Crippen molar-refractivity contribution in [3.63, 3.8) is 0 Å². The Morgan fingerprint density at radius 2 is 2.07 bits per heavy atom. The van der Waals surface area contributed by atoms with E-state index in [2.05, 4.69) is 15.1 Å². The number of hydrogen-bond donors (Lipinski definition) is 2. The van der Waals surface area contributed by atoms with Crippen molar-refractivity contribution >= 4 is 30.0 Å². The fourth-order valence-electron chi connectivity index (χ4n) is 2.28. The SMILES string of the molecule is Cl.NC(CC(=O)O)Cc1nc(-c2ccc(Oc3ncc(Cl)cc3F)c(F)c2)no1. The third-order valence-electron chi connectivity index (χ3n) is 3.51. The highest BCUT2D eigenvalue weighted by atomic mass is 35.5. The molecule has 0 aliphatic carbocycles. The maximum absolute atomic E-state index is 14.3. The Balaban J connectivity index is 0.00000300. The summed E-state index contributed by atoms with van der Waals surface area (Å²) in [4.78, 5) is 18.3. The number of ether oxygens (including phenoxy) is 1. The largest absolute Gasteiger partial charge is 0.481 e. The predicted molar refractivity (Wildman–Crippen MR) is 100 cm³/mol. The minimum atomic E-state index is -1.04. The van der Waals surface area contributed by atoms with E-state index in [-0.39, 0.29) is 53.3 Å². The highest BCUT2D eigenvalue weighted by Crippen LogP contribution is 2.29. The van der Waals surface area contributed by atoms with Gasteiger partial charge < -0.3 is 20.1 Å². The van der Waals surface area contributed by atoms with E-state index < -0.39 is 29.5 Å². The van der Waals surface area contributed by atoms with Gasteiger partial charge in [-0.15, -0.1) is 12.4 Å². The van der Waals surface area contributed by atoms with Gasteiger partial charge in [-0.25, -0.2) is 13.8 Å². The van der Waals surface area contributed by atoms with Gasteiger partial charge in [-0.1, -0.05) is 16.8 Å². The molecule has 0 fully saturated rings. The van der Waals surface area contributed by atoms with Gasteiger partial charge in [0.05, 0.1) is 11.4 Å². The molecule has 1 aromatic carbocycles. The molecule has 0 bridgehead atoms. The predicted octanol–water partition coefficient (Wildman–Crippen LogP) is 3.62. The number of benzene rings is 1. The minimum Gasteiger partial charge on any atom is -0.481 e. The number of nitrogens with two attached hydrogens (primary N) is 1. The maximum atomic E-state index is 14.3. The van der Waals surface area contributed by atoms with Crippen molar-refractivity contribution < 1.29 is 27.9 Å². The lowest BCUT2D eigenvalue weighted by molar-refractivity contribution is -0.137. The molecule has 0 saturated carbocycles. The van der Waals surface area contributed by atoms with Crippen molar-refractivity contribution in [3.8, 4) is 23.0 Å². The summed E-state index contributed by atoms with van der Waals surface area (Å²) in [5, 5.41) is 12.5. The highest BCUT2D eigenvalue weighted by Gasteiger charge is 2.17. The van der Waals surface area contributed by atoms with Crippen molar-refractivity contribution in [2.75, 3.05) is 0 Å². The lowest BCUT2D eigenvalue weighted by atomic mass is 10.1. The topological polar surface area (TPSA) is 124 Å².